The number of benzene rings is 1. The first-order valence-electron chi connectivity index (χ1n) is 7.25. The third-order valence-electron chi connectivity index (χ3n) is 3.67. The van der Waals surface area contributed by atoms with E-state index in [1.807, 2.05) is 30.5 Å². The van der Waals surface area contributed by atoms with E-state index in [-0.39, 0.29) is 0 Å². The van der Waals surface area contributed by atoms with Crippen molar-refractivity contribution in [1.82, 2.24) is 5.32 Å². The van der Waals surface area contributed by atoms with Gasteiger partial charge in [-0.2, -0.15) is 0 Å². The normalized spacial score (nSPS) is 12.3. The van der Waals surface area contributed by atoms with E-state index in [1.165, 1.54) is 29.7 Å². The predicted molar refractivity (Wildman–Crippen MR) is 94.5 cm³/mol. The number of hydrogen-bond donors (Lipinski definition) is 1. The number of hydrogen-bond acceptors (Lipinski definition) is 3. The van der Waals surface area contributed by atoms with Gasteiger partial charge in [-0.15, -0.1) is 11.3 Å². The van der Waals surface area contributed by atoms with Crippen LogP contribution >= 0.6 is 27.3 Å². The number of ether oxygens (including phenoxy) is 1. The van der Waals surface area contributed by atoms with Gasteiger partial charge in [0, 0.05) is 15.4 Å². The molecule has 1 aromatic carbocycles. The fourth-order valence-electron chi connectivity index (χ4n) is 2.50. The lowest BCUT2D eigenvalue weighted by molar-refractivity contribution is 0.403. The highest BCUT2D eigenvalue weighted by molar-refractivity contribution is 9.10. The monoisotopic (exact) mass is 367 g/mol. The molecule has 1 aromatic heterocycles. The molecule has 0 amide bonds. The first kappa shape index (κ1) is 16.5. The molecule has 2 rings (SSSR count). The average molecular weight is 368 g/mol. The Hall–Kier alpha value is -0.840. The molecule has 0 bridgehead atoms. The molecular formula is C17H22BrNOS. The van der Waals surface area contributed by atoms with Gasteiger partial charge in [-0.25, -0.2) is 0 Å². The van der Waals surface area contributed by atoms with E-state index >= 15 is 0 Å². The molecule has 1 unspecified atom stereocenters. The zero-order chi connectivity index (χ0) is 15.1. The molecule has 114 valence electrons. The van der Waals surface area contributed by atoms with Crippen molar-refractivity contribution in [3.05, 3.63) is 50.6 Å². The molecule has 2 nitrogen and oxygen atoms in total. The fraction of sp³-hybridized carbons (Fsp3) is 0.412. The minimum Gasteiger partial charge on any atom is -0.496 e. The van der Waals surface area contributed by atoms with Crippen LogP contribution in [0.15, 0.2) is 40.2 Å². The van der Waals surface area contributed by atoms with E-state index in [2.05, 4.69) is 44.8 Å². The molecule has 0 saturated carbocycles. The van der Waals surface area contributed by atoms with E-state index in [0.717, 1.165) is 16.6 Å². The summed E-state index contributed by atoms with van der Waals surface area (Å²) in [6.45, 7) is 0. The Kier molecular flexibility index (Phi) is 6.74. The molecule has 1 atom stereocenters. The summed E-state index contributed by atoms with van der Waals surface area (Å²) in [6, 6.07) is 11.0. The second-order valence-electron chi connectivity index (χ2n) is 5.12. The maximum absolute atomic E-state index is 5.46. The van der Waals surface area contributed by atoms with E-state index in [1.54, 1.807) is 7.11 Å². The van der Waals surface area contributed by atoms with Gasteiger partial charge in [-0.3, -0.25) is 0 Å². The van der Waals surface area contributed by atoms with Gasteiger partial charge in [0.25, 0.3) is 0 Å². The SMILES string of the molecule is CNC(CCCc1cccs1)Cc1cc(Br)ccc1OC. The molecule has 0 saturated heterocycles. The third-order valence-corrected chi connectivity index (χ3v) is 5.10. The minimum atomic E-state index is 0.480. The smallest absolute Gasteiger partial charge is 0.122 e. The molecule has 0 spiro atoms. The molecule has 21 heavy (non-hydrogen) atoms. The zero-order valence-electron chi connectivity index (χ0n) is 12.6. The van der Waals surface area contributed by atoms with E-state index in [4.69, 9.17) is 4.74 Å². The molecule has 4 heteroatoms. The van der Waals surface area contributed by atoms with E-state index in [9.17, 15) is 0 Å². The van der Waals surface area contributed by atoms with Crippen LogP contribution in [0.3, 0.4) is 0 Å². The van der Waals surface area contributed by atoms with E-state index < -0.39 is 0 Å². The lowest BCUT2D eigenvalue weighted by atomic mass is 10.00. The largest absolute Gasteiger partial charge is 0.496 e. The number of rotatable bonds is 8. The van der Waals surface area contributed by atoms with Gasteiger partial charge >= 0.3 is 0 Å². The summed E-state index contributed by atoms with van der Waals surface area (Å²) < 4.78 is 6.57. The maximum Gasteiger partial charge on any atom is 0.122 e. The van der Waals surface area contributed by atoms with Crippen LogP contribution in [0.25, 0.3) is 0 Å². The topological polar surface area (TPSA) is 21.3 Å². The van der Waals surface area contributed by atoms with Crippen LogP contribution in [0.1, 0.15) is 23.3 Å². The van der Waals surface area contributed by atoms with Gasteiger partial charge in [-0.05, 0) is 67.9 Å². The van der Waals surface area contributed by atoms with Crippen LogP contribution in [0.4, 0.5) is 0 Å². The lowest BCUT2D eigenvalue weighted by Crippen LogP contribution is -2.27. The quantitative estimate of drug-likeness (QED) is 0.731. The van der Waals surface area contributed by atoms with Crippen LogP contribution in [0, 0.1) is 0 Å². The molecule has 0 aliphatic heterocycles. The summed E-state index contributed by atoms with van der Waals surface area (Å²) >= 11 is 5.39. The molecule has 0 fully saturated rings. The number of methoxy groups -OCH3 is 1. The Labute approximate surface area is 139 Å². The van der Waals surface area contributed by atoms with Crippen molar-refractivity contribution in [2.75, 3.05) is 14.2 Å². The van der Waals surface area contributed by atoms with Gasteiger partial charge in [0.15, 0.2) is 0 Å². The lowest BCUT2D eigenvalue weighted by Gasteiger charge is -2.18. The number of nitrogens with one attached hydrogen (secondary N) is 1. The fourth-order valence-corrected chi connectivity index (χ4v) is 3.66. The van der Waals surface area contributed by atoms with Crippen LogP contribution < -0.4 is 10.1 Å². The minimum absolute atomic E-state index is 0.480. The zero-order valence-corrected chi connectivity index (χ0v) is 15.0. The highest BCUT2D eigenvalue weighted by atomic mass is 79.9. The number of halogens is 1. The Balaban J connectivity index is 1.90. The molecule has 1 heterocycles. The Morgan fingerprint density at radius 1 is 1.33 bits per heavy atom. The van der Waals surface area contributed by atoms with Crippen molar-refractivity contribution in [3.8, 4) is 5.75 Å². The maximum atomic E-state index is 5.46. The average Bonchev–Trinajstić information content (AvgIpc) is 2.99. The Morgan fingerprint density at radius 3 is 2.86 bits per heavy atom. The van der Waals surface area contributed by atoms with Crippen LogP contribution in [0.2, 0.25) is 0 Å². The van der Waals surface area contributed by atoms with Gasteiger partial charge < -0.3 is 10.1 Å². The van der Waals surface area contributed by atoms with Crippen molar-refractivity contribution in [3.63, 3.8) is 0 Å². The van der Waals surface area contributed by atoms with Crippen molar-refractivity contribution >= 4 is 27.3 Å². The van der Waals surface area contributed by atoms with Crippen molar-refractivity contribution < 1.29 is 4.74 Å². The Bertz CT molecular complexity index is 542. The predicted octanol–water partition coefficient (Wildman–Crippen LogP) is 4.67. The molecule has 0 radical (unpaired) electrons. The summed E-state index contributed by atoms with van der Waals surface area (Å²) in [4.78, 5) is 1.48. The number of likely N-dealkylation sites (N-methyl/N-ethyl adjacent to an activating group) is 1. The summed E-state index contributed by atoms with van der Waals surface area (Å²) in [5.74, 6) is 0.969. The van der Waals surface area contributed by atoms with Crippen molar-refractivity contribution in [2.45, 2.75) is 31.7 Å². The van der Waals surface area contributed by atoms with Gasteiger partial charge in [0.2, 0.25) is 0 Å². The van der Waals surface area contributed by atoms with Gasteiger partial charge in [-0.1, -0.05) is 22.0 Å². The standard InChI is InChI=1S/C17H22BrNOS/c1-19-15(5-3-6-16-7-4-10-21-16)12-13-11-14(18)8-9-17(13)20-2/h4,7-11,15,19H,3,5-6,12H2,1-2H3. The van der Waals surface area contributed by atoms with Gasteiger partial charge in [0.05, 0.1) is 7.11 Å². The molecule has 2 aromatic rings. The summed E-state index contributed by atoms with van der Waals surface area (Å²) in [5, 5.41) is 5.58. The molecule has 0 aliphatic carbocycles. The molecule has 0 aliphatic rings. The van der Waals surface area contributed by atoms with Crippen LogP contribution in [-0.4, -0.2) is 20.2 Å². The van der Waals surface area contributed by atoms with Crippen molar-refractivity contribution in [2.24, 2.45) is 0 Å². The first-order chi connectivity index (χ1) is 10.2. The summed E-state index contributed by atoms with van der Waals surface area (Å²) in [5.41, 5.74) is 1.25. The summed E-state index contributed by atoms with van der Waals surface area (Å²) in [7, 11) is 3.78. The number of thiophene rings is 1. The third kappa shape index (κ3) is 5.13. The van der Waals surface area contributed by atoms with Crippen molar-refractivity contribution in [1.29, 1.82) is 0 Å². The molecule has 1 N–H and O–H groups in total. The summed E-state index contributed by atoms with van der Waals surface area (Å²) in [6.07, 6.45) is 4.54. The highest BCUT2D eigenvalue weighted by Gasteiger charge is 2.11. The van der Waals surface area contributed by atoms with Crippen LogP contribution in [0.5, 0.6) is 5.75 Å². The highest BCUT2D eigenvalue weighted by Crippen LogP contribution is 2.25. The Morgan fingerprint density at radius 2 is 2.19 bits per heavy atom. The van der Waals surface area contributed by atoms with Crippen LogP contribution in [-0.2, 0) is 12.8 Å². The van der Waals surface area contributed by atoms with Gasteiger partial charge in [0.1, 0.15) is 5.75 Å². The second kappa shape index (κ2) is 8.57. The van der Waals surface area contributed by atoms with E-state index in [0.29, 0.717) is 6.04 Å². The second-order valence-corrected chi connectivity index (χ2v) is 7.07. The first-order valence-corrected chi connectivity index (χ1v) is 8.92. The molecular weight excluding hydrogens is 346 g/mol. The number of aryl methyl sites for hydroxylation is 1.